The van der Waals surface area contributed by atoms with Gasteiger partial charge in [-0.05, 0) is 44.4 Å². The molecule has 0 aliphatic carbocycles. The fourth-order valence-corrected chi connectivity index (χ4v) is 3.97. The number of urea groups is 1. The Morgan fingerprint density at radius 1 is 1.36 bits per heavy atom. The summed E-state index contributed by atoms with van der Waals surface area (Å²) in [5, 5.41) is 5.64. The van der Waals surface area contributed by atoms with Crippen LogP contribution in [0.15, 0.2) is 24.3 Å². The van der Waals surface area contributed by atoms with Gasteiger partial charge in [0.2, 0.25) is 0 Å². The van der Waals surface area contributed by atoms with E-state index < -0.39 is 0 Å². The van der Waals surface area contributed by atoms with Gasteiger partial charge < -0.3 is 24.8 Å². The zero-order chi connectivity index (χ0) is 19.8. The summed E-state index contributed by atoms with van der Waals surface area (Å²) in [6.45, 7) is 9.60. The van der Waals surface area contributed by atoms with E-state index in [4.69, 9.17) is 14.2 Å². The fourth-order valence-electron chi connectivity index (χ4n) is 3.97. The van der Waals surface area contributed by atoms with Crippen LogP contribution in [0.25, 0.3) is 0 Å². The molecule has 156 valence electrons. The molecule has 7 heteroatoms. The predicted octanol–water partition coefficient (Wildman–Crippen LogP) is 2.15. The van der Waals surface area contributed by atoms with Crippen molar-refractivity contribution in [2.45, 2.75) is 44.9 Å². The molecule has 3 rings (SSSR count). The molecule has 0 radical (unpaired) electrons. The standard InChI is InChI=1S/C21H33N3O4/c1-3-22-20(25)23-13-19-8-9-21(28-19)15-24(10-11-26-16-21)14-17-6-5-7-18(12-17)27-4-2/h5-7,12,19H,3-4,8-11,13-16H2,1-2H3,(H2,22,23,25)/t19-,21+/m0/s1. The van der Waals surface area contributed by atoms with Crippen LogP contribution in [0.1, 0.15) is 32.3 Å². The number of carbonyl (C=O) groups excluding carboxylic acids is 1. The van der Waals surface area contributed by atoms with E-state index in [0.29, 0.717) is 32.9 Å². The van der Waals surface area contributed by atoms with E-state index in [0.717, 1.165) is 38.2 Å². The van der Waals surface area contributed by atoms with Gasteiger partial charge in [0, 0.05) is 32.7 Å². The van der Waals surface area contributed by atoms with Gasteiger partial charge in [0.15, 0.2) is 0 Å². The zero-order valence-corrected chi connectivity index (χ0v) is 17.0. The lowest BCUT2D eigenvalue weighted by Gasteiger charge is -2.32. The average molecular weight is 392 g/mol. The summed E-state index contributed by atoms with van der Waals surface area (Å²) in [4.78, 5) is 14.0. The van der Waals surface area contributed by atoms with E-state index in [1.54, 1.807) is 0 Å². The van der Waals surface area contributed by atoms with Crippen molar-refractivity contribution in [1.29, 1.82) is 0 Å². The van der Waals surface area contributed by atoms with E-state index in [1.807, 2.05) is 26.0 Å². The Morgan fingerprint density at radius 3 is 3.07 bits per heavy atom. The Morgan fingerprint density at radius 2 is 2.25 bits per heavy atom. The molecule has 2 amide bonds. The maximum atomic E-state index is 11.6. The van der Waals surface area contributed by atoms with Crippen LogP contribution >= 0.6 is 0 Å². The highest BCUT2D eigenvalue weighted by Crippen LogP contribution is 2.33. The number of benzene rings is 1. The van der Waals surface area contributed by atoms with E-state index >= 15 is 0 Å². The van der Waals surface area contributed by atoms with Gasteiger partial charge in [-0.15, -0.1) is 0 Å². The van der Waals surface area contributed by atoms with Crippen molar-refractivity contribution in [2.75, 3.05) is 46.0 Å². The van der Waals surface area contributed by atoms with Crippen LogP contribution in [0.2, 0.25) is 0 Å². The van der Waals surface area contributed by atoms with Crippen LogP contribution in [0.5, 0.6) is 5.75 Å². The lowest BCUT2D eigenvalue weighted by Crippen LogP contribution is -2.46. The first kappa shape index (κ1) is 20.9. The van der Waals surface area contributed by atoms with E-state index in [2.05, 4.69) is 27.7 Å². The highest BCUT2D eigenvalue weighted by Gasteiger charge is 2.43. The summed E-state index contributed by atoms with van der Waals surface area (Å²) in [5.41, 5.74) is 0.942. The maximum Gasteiger partial charge on any atom is 0.314 e. The number of rotatable bonds is 7. The molecule has 1 aromatic carbocycles. The Hall–Kier alpha value is -1.83. The number of hydrogen-bond donors (Lipinski definition) is 2. The minimum Gasteiger partial charge on any atom is -0.494 e. The minimum atomic E-state index is -0.290. The highest BCUT2D eigenvalue weighted by molar-refractivity contribution is 5.73. The summed E-state index contributed by atoms with van der Waals surface area (Å²) in [5.74, 6) is 0.911. The molecule has 2 saturated heterocycles. The fraction of sp³-hybridized carbons (Fsp3) is 0.667. The second-order valence-corrected chi connectivity index (χ2v) is 7.55. The van der Waals surface area contributed by atoms with Crippen LogP contribution in [0.4, 0.5) is 4.79 Å². The molecule has 1 aromatic rings. The third kappa shape index (κ3) is 5.83. The second-order valence-electron chi connectivity index (χ2n) is 7.55. The molecule has 2 N–H and O–H groups in total. The third-order valence-corrected chi connectivity index (χ3v) is 5.21. The van der Waals surface area contributed by atoms with E-state index in [1.165, 1.54) is 5.56 Å². The van der Waals surface area contributed by atoms with Gasteiger partial charge in [-0.3, -0.25) is 4.90 Å². The molecule has 2 atom stereocenters. The van der Waals surface area contributed by atoms with Crippen molar-refractivity contribution < 1.29 is 19.0 Å². The zero-order valence-electron chi connectivity index (χ0n) is 17.0. The van der Waals surface area contributed by atoms with E-state index in [9.17, 15) is 4.79 Å². The summed E-state index contributed by atoms with van der Waals surface area (Å²) >= 11 is 0. The number of amides is 2. The SMILES string of the molecule is CCNC(=O)NC[C@@H]1CC[C@@]2(COCCN(Cc3cccc(OCC)c3)C2)O1. The Kier molecular flexibility index (Phi) is 7.53. The molecular formula is C21H33N3O4. The first-order chi connectivity index (χ1) is 13.6. The summed E-state index contributed by atoms with van der Waals surface area (Å²) < 4.78 is 17.9. The number of carbonyl (C=O) groups is 1. The van der Waals surface area contributed by atoms with Crippen LogP contribution in [-0.4, -0.2) is 68.6 Å². The van der Waals surface area contributed by atoms with Gasteiger partial charge in [0.25, 0.3) is 0 Å². The Balaban J connectivity index is 1.56. The van der Waals surface area contributed by atoms with Crippen LogP contribution in [-0.2, 0) is 16.0 Å². The molecule has 2 aliphatic rings. The first-order valence-electron chi connectivity index (χ1n) is 10.3. The van der Waals surface area contributed by atoms with Gasteiger partial charge in [-0.25, -0.2) is 4.79 Å². The van der Waals surface area contributed by atoms with Crippen molar-refractivity contribution in [3.63, 3.8) is 0 Å². The van der Waals surface area contributed by atoms with Gasteiger partial charge in [-0.2, -0.15) is 0 Å². The predicted molar refractivity (Wildman–Crippen MR) is 108 cm³/mol. The molecule has 28 heavy (non-hydrogen) atoms. The monoisotopic (exact) mass is 391 g/mol. The van der Waals surface area contributed by atoms with Crippen molar-refractivity contribution >= 4 is 6.03 Å². The van der Waals surface area contributed by atoms with Gasteiger partial charge >= 0.3 is 6.03 Å². The van der Waals surface area contributed by atoms with Gasteiger partial charge in [0.1, 0.15) is 11.4 Å². The maximum absolute atomic E-state index is 11.6. The number of nitrogens with zero attached hydrogens (tertiary/aromatic N) is 1. The van der Waals surface area contributed by atoms with Crippen LogP contribution < -0.4 is 15.4 Å². The minimum absolute atomic E-state index is 0.0347. The lowest BCUT2D eigenvalue weighted by atomic mass is 10.00. The molecule has 0 aromatic heterocycles. The van der Waals surface area contributed by atoms with E-state index in [-0.39, 0.29) is 17.7 Å². The van der Waals surface area contributed by atoms with Crippen molar-refractivity contribution in [2.24, 2.45) is 0 Å². The number of ether oxygens (including phenoxy) is 3. The Bertz CT molecular complexity index is 642. The van der Waals surface area contributed by atoms with Crippen molar-refractivity contribution in [3.8, 4) is 5.75 Å². The van der Waals surface area contributed by atoms with Crippen molar-refractivity contribution in [1.82, 2.24) is 15.5 Å². The van der Waals surface area contributed by atoms with Crippen LogP contribution in [0, 0.1) is 0 Å². The van der Waals surface area contributed by atoms with Gasteiger partial charge in [-0.1, -0.05) is 12.1 Å². The smallest absolute Gasteiger partial charge is 0.314 e. The number of nitrogens with one attached hydrogen (secondary N) is 2. The normalized spacial score (nSPS) is 25.4. The molecule has 0 saturated carbocycles. The van der Waals surface area contributed by atoms with Gasteiger partial charge in [0.05, 0.1) is 25.9 Å². The lowest BCUT2D eigenvalue weighted by molar-refractivity contribution is -0.0847. The Labute approximate surface area is 167 Å². The molecule has 1 spiro atoms. The molecule has 7 nitrogen and oxygen atoms in total. The topological polar surface area (TPSA) is 72.1 Å². The average Bonchev–Trinajstić information content (AvgIpc) is 2.96. The molecule has 0 unspecified atom stereocenters. The summed E-state index contributed by atoms with van der Waals surface area (Å²) in [7, 11) is 0. The molecular weight excluding hydrogens is 358 g/mol. The summed E-state index contributed by atoms with van der Waals surface area (Å²) in [6, 6.07) is 8.14. The summed E-state index contributed by atoms with van der Waals surface area (Å²) in [6.07, 6.45) is 1.92. The number of hydrogen-bond acceptors (Lipinski definition) is 5. The first-order valence-corrected chi connectivity index (χ1v) is 10.3. The van der Waals surface area contributed by atoms with Crippen molar-refractivity contribution in [3.05, 3.63) is 29.8 Å². The molecule has 2 aliphatic heterocycles. The molecule has 0 bridgehead atoms. The highest BCUT2D eigenvalue weighted by atomic mass is 16.6. The quantitative estimate of drug-likeness (QED) is 0.745. The second kappa shape index (κ2) is 10.1. The largest absolute Gasteiger partial charge is 0.494 e. The third-order valence-electron chi connectivity index (χ3n) is 5.21. The molecule has 2 heterocycles. The van der Waals surface area contributed by atoms with Crippen LogP contribution in [0.3, 0.4) is 0 Å². The molecule has 2 fully saturated rings.